The number of benzene rings is 1. The van der Waals surface area contributed by atoms with E-state index in [0.717, 1.165) is 22.0 Å². The van der Waals surface area contributed by atoms with Gasteiger partial charge in [-0.05, 0) is 30.5 Å². The minimum atomic E-state index is -0.0507. The van der Waals surface area contributed by atoms with Crippen LogP contribution in [-0.4, -0.2) is 9.55 Å². The highest BCUT2D eigenvalue weighted by molar-refractivity contribution is 6.31. The average molecular weight is 265 g/mol. The molecule has 3 N–H and O–H groups in total. The van der Waals surface area contributed by atoms with Gasteiger partial charge in [-0.1, -0.05) is 23.7 Å². The smallest absolute Gasteiger partial charge is 0.127 e. The Morgan fingerprint density at radius 1 is 1.50 bits per heavy atom. The zero-order valence-electron chi connectivity index (χ0n) is 10.5. The summed E-state index contributed by atoms with van der Waals surface area (Å²) in [7, 11) is 1.95. The van der Waals surface area contributed by atoms with Crippen molar-refractivity contribution in [3.8, 4) is 0 Å². The molecule has 1 unspecified atom stereocenters. The topological polar surface area (TPSA) is 55.9 Å². The van der Waals surface area contributed by atoms with Gasteiger partial charge in [0.25, 0.3) is 0 Å². The highest BCUT2D eigenvalue weighted by Crippen LogP contribution is 2.23. The lowest BCUT2D eigenvalue weighted by Gasteiger charge is -2.16. The Balaban J connectivity index is 2.23. The van der Waals surface area contributed by atoms with Gasteiger partial charge in [-0.15, -0.1) is 0 Å². The van der Waals surface area contributed by atoms with E-state index in [2.05, 4.69) is 10.4 Å². The van der Waals surface area contributed by atoms with Crippen LogP contribution in [0.3, 0.4) is 0 Å². The van der Waals surface area contributed by atoms with E-state index in [1.54, 1.807) is 6.20 Å². The number of aromatic nitrogens is 2. The van der Waals surface area contributed by atoms with Crippen molar-refractivity contribution in [2.24, 2.45) is 12.9 Å². The van der Waals surface area contributed by atoms with Gasteiger partial charge in [0.15, 0.2) is 0 Å². The van der Waals surface area contributed by atoms with Crippen LogP contribution in [0.4, 0.5) is 0 Å². The lowest BCUT2D eigenvalue weighted by Crippen LogP contribution is -2.31. The number of hydrazine groups is 1. The first-order valence-corrected chi connectivity index (χ1v) is 6.18. The standard InChI is InChI=1S/C13H17ClN4/c1-9-3-4-10(11(14)7-9)8-12(17-15)13-16-5-6-18(13)2/h3-7,12,17H,8,15H2,1-2H3. The zero-order valence-corrected chi connectivity index (χ0v) is 11.3. The first-order valence-electron chi connectivity index (χ1n) is 5.80. The third kappa shape index (κ3) is 2.72. The first kappa shape index (κ1) is 13.1. The maximum absolute atomic E-state index is 6.24. The lowest BCUT2D eigenvalue weighted by atomic mass is 10.0. The van der Waals surface area contributed by atoms with Gasteiger partial charge in [-0.3, -0.25) is 5.84 Å². The molecule has 0 saturated heterocycles. The van der Waals surface area contributed by atoms with Crippen molar-refractivity contribution in [1.29, 1.82) is 0 Å². The summed E-state index contributed by atoms with van der Waals surface area (Å²) in [4.78, 5) is 4.31. The normalized spacial score (nSPS) is 12.7. The van der Waals surface area contributed by atoms with Crippen molar-refractivity contribution < 1.29 is 0 Å². The van der Waals surface area contributed by atoms with E-state index < -0.39 is 0 Å². The van der Waals surface area contributed by atoms with Gasteiger partial charge in [0, 0.05) is 24.5 Å². The molecule has 1 atom stereocenters. The van der Waals surface area contributed by atoms with Gasteiger partial charge in [-0.2, -0.15) is 0 Å². The van der Waals surface area contributed by atoms with Gasteiger partial charge in [-0.25, -0.2) is 10.4 Å². The molecule has 2 aromatic rings. The Bertz CT molecular complexity index is 536. The Morgan fingerprint density at radius 2 is 2.28 bits per heavy atom. The summed E-state index contributed by atoms with van der Waals surface area (Å²) in [6.07, 6.45) is 4.37. The minimum Gasteiger partial charge on any atom is -0.337 e. The van der Waals surface area contributed by atoms with E-state index in [1.807, 2.05) is 42.9 Å². The molecule has 0 aliphatic carbocycles. The number of nitrogens with zero attached hydrogens (tertiary/aromatic N) is 2. The number of hydrogen-bond acceptors (Lipinski definition) is 3. The van der Waals surface area contributed by atoms with Crippen LogP contribution in [-0.2, 0) is 13.5 Å². The van der Waals surface area contributed by atoms with Crippen molar-refractivity contribution in [3.63, 3.8) is 0 Å². The van der Waals surface area contributed by atoms with Crippen molar-refractivity contribution in [1.82, 2.24) is 15.0 Å². The fourth-order valence-corrected chi connectivity index (χ4v) is 2.29. The molecule has 0 aliphatic rings. The van der Waals surface area contributed by atoms with Crippen molar-refractivity contribution in [2.45, 2.75) is 19.4 Å². The van der Waals surface area contributed by atoms with E-state index in [4.69, 9.17) is 17.4 Å². The predicted molar refractivity (Wildman–Crippen MR) is 73.2 cm³/mol. The van der Waals surface area contributed by atoms with Crippen molar-refractivity contribution in [2.75, 3.05) is 0 Å². The molecule has 96 valence electrons. The van der Waals surface area contributed by atoms with Crippen LogP contribution in [0.2, 0.25) is 5.02 Å². The summed E-state index contributed by atoms with van der Waals surface area (Å²) in [6, 6.07) is 5.99. The monoisotopic (exact) mass is 264 g/mol. The molecule has 0 spiro atoms. The summed E-state index contributed by atoms with van der Waals surface area (Å²) >= 11 is 6.24. The molecule has 0 aliphatic heterocycles. The summed E-state index contributed by atoms with van der Waals surface area (Å²) in [5.74, 6) is 6.51. The van der Waals surface area contributed by atoms with Crippen molar-refractivity contribution >= 4 is 11.6 Å². The van der Waals surface area contributed by atoms with Gasteiger partial charge < -0.3 is 4.57 Å². The molecule has 5 heteroatoms. The minimum absolute atomic E-state index is 0.0507. The zero-order chi connectivity index (χ0) is 13.1. The third-order valence-corrected chi connectivity index (χ3v) is 3.36. The van der Waals surface area contributed by atoms with Crippen molar-refractivity contribution in [3.05, 3.63) is 52.6 Å². The third-order valence-electron chi connectivity index (χ3n) is 3.00. The first-order chi connectivity index (χ1) is 8.61. The molecule has 1 aromatic heterocycles. The number of aryl methyl sites for hydroxylation is 2. The highest BCUT2D eigenvalue weighted by Gasteiger charge is 2.16. The Labute approximate surface area is 112 Å². The van der Waals surface area contributed by atoms with Crippen LogP contribution in [0.5, 0.6) is 0 Å². The van der Waals surface area contributed by atoms with Crippen LogP contribution >= 0.6 is 11.6 Å². The Kier molecular flexibility index (Phi) is 4.01. The molecule has 1 heterocycles. The van der Waals surface area contributed by atoms with Crippen LogP contribution in [0, 0.1) is 6.92 Å². The van der Waals surface area contributed by atoms with Gasteiger partial charge in [0.2, 0.25) is 0 Å². The number of nitrogens with two attached hydrogens (primary N) is 1. The highest BCUT2D eigenvalue weighted by atomic mass is 35.5. The summed E-state index contributed by atoms with van der Waals surface area (Å²) in [5, 5.41) is 0.768. The van der Waals surface area contributed by atoms with Gasteiger partial charge >= 0.3 is 0 Å². The summed E-state index contributed by atoms with van der Waals surface area (Å²) in [6.45, 7) is 2.02. The van der Waals surface area contributed by atoms with Gasteiger partial charge in [0.05, 0.1) is 6.04 Å². The molecule has 18 heavy (non-hydrogen) atoms. The fourth-order valence-electron chi connectivity index (χ4n) is 1.98. The van der Waals surface area contributed by atoms with E-state index in [0.29, 0.717) is 6.42 Å². The Hall–Kier alpha value is -1.36. The van der Waals surface area contributed by atoms with Crippen LogP contribution in [0.15, 0.2) is 30.6 Å². The van der Waals surface area contributed by atoms with E-state index in [9.17, 15) is 0 Å². The van der Waals surface area contributed by atoms with E-state index >= 15 is 0 Å². The number of halogens is 1. The van der Waals surface area contributed by atoms with Crippen LogP contribution in [0.1, 0.15) is 23.0 Å². The lowest BCUT2D eigenvalue weighted by molar-refractivity contribution is 0.507. The second-order valence-electron chi connectivity index (χ2n) is 4.41. The summed E-state index contributed by atoms with van der Waals surface area (Å²) < 4.78 is 1.95. The maximum atomic E-state index is 6.24. The molecule has 1 aromatic carbocycles. The molecule has 0 amide bonds. The average Bonchev–Trinajstić information content (AvgIpc) is 2.75. The van der Waals surface area contributed by atoms with Crippen LogP contribution < -0.4 is 11.3 Å². The quantitative estimate of drug-likeness (QED) is 0.657. The SMILES string of the molecule is Cc1ccc(CC(NN)c2nccn2C)c(Cl)c1. The molecule has 2 rings (SSSR count). The largest absolute Gasteiger partial charge is 0.337 e. The van der Waals surface area contributed by atoms with E-state index in [-0.39, 0.29) is 6.04 Å². The van der Waals surface area contributed by atoms with Gasteiger partial charge in [0.1, 0.15) is 5.82 Å². The molecular formula is C13H17ClN4. The molecule has 4 nitrogen and oxygen atoms in total. The molecular weight excluding hydrogens is 248 g/mol. The number of rotatable bonds is 4. The van der Waals surface area contributed by atoms with Crippen LogP contribution in [0.25, 0.3) is 0 Å². The number of hydrogen-bond donors (Lipinski definition) is 2. The van der Waals surface area contributed by atoms with E-state index in [1.165, 1.54) is 0 Å². The predicted octanol–water partition coefficient (Wildman–Crippen LogP) is 2.13. The molecule has 0 saturated carbocycles. The fraction of sp³-hybridized carbons (Fsp3) is 0.308. The summed E-state index contributed by atoms with van der Waals surface area (Å²) in [5.41, 5.74) is 5.01. The molecule has 0 fully saturated rings. The Morgan fingerprint density at radius 3 is 2.83 bits per heavy atom. The maximum Gasteiger partial charge on any atom is 0.127 e. The number of nitrogens with one attached hydrogen (secondary N) is 1. The second-order valence-corrected chi connectivity index (χ2v) is 4.82. The number of imidazole rings is 1. The molecule has 0 bridgehead atoms. The second kappa shape index (κ2) is 5.52. The molecule has 0 radical (unpaired) electrons.